The van der Waals surface area contributed by atoms with Crippen molar-refractivity contribution in [1.29, 1.82) is 0 Å². The van der Waals surface area contributed by atoms with Gasteiger partial charge >= 0.3 is 6.03 Å². The molecule has 0 aliphatic carbocycles. The van der Waals surface area contributed by atoms with Crippen LogP contribution in [-0.2, 0) is 0 Å². The first-order valence-electron chi connectivity index (χ1n) is 3.44. The number of amides is 2. The Morgan fingerprint density at radius 3 is 2.00 bits per heavy atom. The molecule has 58 valence electrons. The summed E-state index contributed by atoms with van der Waals surface area (Å²) in [6, 6.07) is 0.116. The highest BCUT2D eigenvalue weighted by Crippen LogP contribution is 2.31. The zero-order valence-corrected chi connectivity index (χ0v) is 7.01. The van der Waals surface area contributed by atoms with E-state index in [9.17, 15) is 4.79 Å². The third kappa shape index (κ3) is 1.08. The minimum Gasteiger partial charge on any atom is -0.331 e. The Morgan fingerprint density at radius 1 is 1.50 bits per heavy atom. The minimum atomic E-state index is 0.112. The second-order valence-corrected chi connectivity index (χ2v) is 3.58. The Hall–Kier alpha value is -0.730. The standard InChI is InChI=1S/C7H14N2O/c1-7(2)5-9(7)6(10)8(3)4/h5H2,1-4H3. The van der Waals surface area contributed by atoms with Gasteiger partial charge in [0, 0.05) is 20.6 Å². The number of rotatable bonds is 0. The van der Waals surface area contributed by atoms with Crippen LogP contribution in [-0.4, -0.2) is 42.0 Å². The lowest BCUT2D eigenvalue weighted by Crippen LogP contribution is -2.30. The van der Waals surface area contributed by atoms with E-state index >= 15 is 0 Å². The molecule has 0 saturated carbocycles. The van der Waals surface area contributed by atoms with Crippen molar-refractivity contribution in [3.8, 4) is 0 Å². The molecule has 10 heavy (non-hydrogen) atoms. The second kappa shape index (κ2) is 1.87. The molecular weight excluding hydrogens is 128 g/mol. The van der Waals surface area contributed by atoms with Crippen molar-refractivity contribution in [3.63, 3.8) is 0 Å². The summed E-state index contributed by atoms with van der Waals surface area (Å²) >= 11 is 0. The smallest absolute Gasteiger partial charge is 0.320 e. The maximum absolute atomic E-state index is 11.2. The summed E-state index contributed by atoms with van der Waals surface area (Å²) in [5.74, 6) is 0. The Labute approximate surface area is 61.6 Å². The van der Waals surface area contributed by atoms with Gasteiger partial charge in [0.25, 0.3) is 0 Å². The maximum Gasteiger partial charge on any atom is 0.320 e. The van der Waals surface area contributed by atoms with Gasteiger partial charge in [0.15, 0.2) is 0 Å². The molecule has 0 atom stereocenters. The predicted octanol–water partition coefficient (Wildman–Crippen LogP) is 0.762. The molecule has 0 N–H and O–H groups in total. The zero-order valence-electron chi connectivity index (χ0n) is 7.01. The first kappa shape index (κ1) is 7.38. The molecule has 1 saturated heterocycles. The molecule has 1 rings (SSSR count). The van der Waals surface area contributed by atoms with Crippen LogP contribution in [0.5, 0.6) is 0 Å². The fraction of sp³-hybridized carbons (Fsp3) is 0.857. The Morgan fingerprint density at radius 2 is 1.90 bits per heavy atom. The highest BCUT2D eigenvalue weighted by Gasteiger charge is 2.47. The molecule has 0 radical (unpaired) electrons. The maximum atomic E-state index is 11.2. The van der Waals surface area contributed by atoms with Crippen LogP contribution in [0.3, 0.4) is 0 Å². The number of carbonyl (C=O) groups excluding carboxylic acids is 1. The van der Waals surface area contributed by atoms with Gasteiger partial charge in [-0.2, -0.15) is 0 Å². The summed E-state index contributed by atoms with van der Waals surface area (Å²) in [4.78, 5) is 14.6. The molecule has 1 fully saturated rings. The van der Waals surface area contributed by atoms with Gasteiger partial charge in [-0.1, -0.05) is 0 Å². The van der Waals surface area contributed by atoms with Crippen molar-refractivity contribution in [2.45, 2.75) is 19.4 Å². The SMILES string of the molecule is CN(C)C(=O)N1CC1(C)C. The van der Waals surface area contributed by atoms with E-state index in [-0.39, 0.29) is 11.6 Å². The Bertz CT molecular complexity index is 163. The number of carbonyl (C=O) groups is 1. The van der Waals surface area contributed by atoms with Crippen molar-refractivity contribution >= 4 is 6.03 Å². The van der Waals surface area contributed by atoms with E-state index < -0.39 is 0 Å². The minimum absolute atomic E-state index is 0.112. The average molecular weight is 142 g/mol. The lowest BCUT2D eigenvalue weighted by atomic mass is 10.2. The van der Waals surface area contributed by atoms with Crippen LogP contribution in [0.15, 0.2) is 0 Å². The number of hydrogen-bond acceptors (Lipinski definition) is 1. The number of nitrogens with zero attached hydrogens (tertiary/aromatic N) is 2. The van der Waals surface area contributed by atoms with Crippen LogP contribution in [0.4, 0.5) is 4.79 Å². The van der Waals surface area contributed by atoms with Gasteiger partial charge in [0.1, 0.15) is 0 Å². The van der Waals surface area contributed by atoms with Crippen LogP contribution in [0.25, 0.3) is 0 Å². The van der Waals surface area contributed by atoms with E-state index in [0.29, 0.717) is 0 Å². The summed E-state index contributed by atoms with van der Waals surface area (Å²) in [5.41, 5.74) is 0.112. The third-order valence-electron chi connectivity index (χ3n) is 1.79. The van der Waals surface area contributed by atoms with Gasteiger partial charge < -0.3 is 9.80 Å². The van der Waals surface area contributed by atoms with Crippen LogP contribution in [0.2, 0.25) is 0 Å². The molecule has 0 aromatic rings. The van der Waals surface area contributed by atoms with E-state index in [2.05, 4.69) is 13.8 Å². The molecular formula is C7H14N2O. The lowest BCUT2D eigenvalue weighted by molar-refractivity contribution is 0.198. The van der Waals surface area contributed by atoms with E-state index in [0.717, 1.165) is 6.54 Å². The van der Waals surface area contributed by atoms with Crippen molar-refractivity contribution < 1.29 is 4.79 Å². The molecule has 2 amide bonds. The molecule has 0 unspecified atom stereocenters. The third-order valence-corrected chi connectivity index (χ3v) is 1.79. The van der Waals surface area contributed by atoms with Gasteiger partial charge in [-0.05, 0) is 13.8 Å². The monoisotopic (exact) mass is 142 g/mol. The highest BCUT2D eigenvalue weighted by molar-refractivity contribution is 5.77. The number of hydrogen-bond donors (Lipinski definition) is 0. The zero-order chi connectivity index (χ0) is 7.94. The van der Waals surface area contributed by atoms with Gasteiger partial charge in [-0.3, -0.25) is 0 Å². The first-order chi connectivity index (χ1) is 4.45. The fourth-order valence-electron chi connectivity index (χ4n) is 0.920. The van der Waals surface area contributed by atoms with Crippen molar-refractivity contribution in [3.05, 3.63) is 0 Å². The fourth-order valence-corrected chi connectivity index (χ4v) is 0.920. The van der Waals surface area contributed by atoms with Crippen LogP contribution in [0, 0.1) is 0 Å². The summed E-state index contributed by atoms with van der Waals surface area (Å²) in [7, 11) is 3.55. The van der Waals surface area contributed by atoms with Gasteiger partial charge in [-0.25, -0.2) is 4.79 Å². The predicted molar refractivity (Wildman–Crippen MR) is 39.9 cm³/mol. The summed E-state index contributed by atoms with van der Waals surface area (Å²) in [6.07, 6.45) is 0. The summed E-state index contributed by atoms with van der Waals surface area (Å²) < 4.78 is 0. The van der Waals surface area contributed by atoms with Gasteiger partial charge in [0.2, 0.25) is 0 Å². The topological polar surface area (TPSA) is 23.3 Å². The van der Waals surface area contributed by atoms with E-state index in [1.165, 1.54) is 0 Å². The molecule has 0 bridgehead atoms. The van der Waals surface area contributed by atoms with Crippen molar-refractivity contribution in [1.82, 2.24) is 9.80 Å². The summed E-state index contributed by atoms with van der Waals surface area (Å²) in [5, 5.41) is 0. The molecule has 1 aliphatic rings. The largest absolute Gasteiger partial charge is 0.331 e. The van der Waals surface area contributed by atoms with E-state index in [4.69, 9.17) is 0 Å². The Kier molecular flexibility index (Phi) is 1.38. The Balaban J connectivity index is 2.48. The van der Waals surface area contributed by atoms with E-state index in [1.54, 1.807) is 19.0 Å². The average Bonchev–Trinajstić information content (AvgIpc) is 2.38. The second-order valence-electron chi connectivity index (χ2n) is 3.58. The van der Waals surface area contributed by atoms with Gasteiger partial charge in [0.05, 0.1) is 5.54 Å². The first-order valence-corrected chi connectivity index (χ1v) is 3.44. The quantitative estimate of drug-likeness (QED) is 0.458. The van der Waals surface area contributed by atoms with E-state index in [1.807, 2.05) is 4.90 Å². The molecule has 1 aliphatic heterocycles. The highest BCUT2D eigenvalue weighted by atomic mass is 16.2. The molecule has 3 heteroatoms. The molecule has 3 nitrogen and oxygen atoms in total. The van der Waals surface area contributed by atoms with Crippen LogP contribution in [0.1, 0.15) is 13.8 Å². The van der Waals surface area contributed by atoms with Crippen molar-refractivity contribution in [2.24, 2.45) is 0 Å². The van der Waals surface area contributed by atoms with Crippen LogP contribution < -0.4 is 0 Å². The molecule has 0 aromatic heterocycles. The number of urea groups is 1. The van der Waals surface area contributed by atoms with Crippen molar-refractivity contribution in [2.75, 3.05) is 20.6 Å². The van der Waals surface area contributed by atoms with Gasteiger partial charge in [-0.15, -0.1) is 0 Å². The summed E-state index contributed by atoms with van der Waals surface area (Å²) in [6.45, 7) is 5.02. The lowest BCUT2D eigenvalue weighted by Gasteiger charge is -2.13. The normalized spacial score (nSPS) is 20.6. The molecule has 0 aromatic carbocycles. The molecule has 1 heterocycles. The molecule has 0 spiro atoms. The van der Waals surface area contributed by atoms with Crippen LogP contribution >= 0.6 is 0 Å².